The number of hydrogen-bond donors (Lipinski definition) is 2. The summed E-state index contributed by atoms with van der Waals surface area (Å²) < 4.78 is 5.16. The van der Waals surface area contributed by atoms with Crippen LogP contribution in [0.2, 0.25) is 0 Å². The van der Waals surface area contributed by atoms with Gasteiger partial charge >= 0.3 is 0 Å². The molecule has 3 aromatic rings. The Morgan fingerprint density at radius 3 is 2.64 bits per heavy atom. The van der Waals surface area contributed by atoms with Crippen LogP contribution in [0.15, 0.2) is 54.7 Å². The minimum Gasteiger partial charge on any atom is -0.497 e. The van der Waals surface area contributed by atoms with Crippen LogP contribution >= 0.6 is 0 Å². The fraction of sp³-hybridized carbons (Fsp3) is 0.200. The highest BCUT2D eigenvalue weighted by molar-refractivity contribution is 5.99. The van der Waals surface area contributed by atoms with Crippen molar-refractivity contribution >= 4 is 5.91 Å². The number of rotatable bonds is 5. The zero-order valence-corrected chi connectivity index (χ0v) is 14.5. The van der Waals surface area contributed by atoms with Crippen LogP contribution in [0.3, 0.4) is 0 Å². The Hall–Kier alpha value is -3.08. The van der Waals surface area contributed by atoms with E-state index in [1.165, 1.54) is 0 Å². The highest BCUT2D eigenvalue weighted by Gasteiger charge is 2.18. The van der Waals surface area contributed by atoms with Gasteiger partial charge in [-0.25, -0.2) is 0 Å². The first kappa shape index (κ1) is 16.8. The van der Waals surface area contributed by atoms with Crippen LogP contribution in [-0.2, 0) is 0 Å². The Bertz CT molecular complexity index is 869. The predicted octanol–water partition coefficient (Wildman–Crippen LogP) is 3.88. The minimum atomic E-state index is -0.159. The number of aromatic amines is 1. The van der Waals surface area contributed by atoms with Gasteiger partial charge in [0.15, 0.2) is 0 Å². The molecular formula is C20H21N3O2. The van der Waals surface area contributed by atoms with Crippen LogP contribution in [0.4, 0.5) is 0 Å². The molecule has 0 radical (unpaired) electrons. The normalized spacial score (nSPS) is 11.8. The van der Waals surface area contributed by atoms with Crippen molar-refractivity contribution in [1.29, 1.82) is 0 Å². The summed E-state index contributed by atoms with van der Waals surface area (Å²) in [6.45, 7) is 3.97. The molecule has 2 N–H and O–H groups in total. The van der Waals surface area contributed by atoms with Gasteiger partial charge < -0.3 is 10.1 Å². The SMILES string of the molecule is COc1ccc([C@@H](C)NC(=O)c2cn[nH]c2-c2cccc(C)c2)cc1. The number of nitrogens with zero attached hydrogens (tertiary/aromatic N) is 1. The van der Waals surface area contributed by atoms with Crippen molar-refractivity contribution in [2.75, 3.05) is 7.11 Å². The summed E-state index contributed by atoms with van der Waals surface area (Å²) in [6.07, 6.45) is 1.56. The van der Waals surface area contributed by atoms with Crippen molar-refractivity contribution in [3.05, 3.63) is 71.4 Å². The summed E-state index contributed by atoms with van der Waals surface area (Å²) >= 11 is 0. The van der Waals surface area contributed by atoms with Crippen LogP contribution in [0.5, 0.6) is 5.75 Å². The van der Waals surface area contributed by atoms with Crippen molar-refractivity contribution in [1.82, 2.24) is 15.5 Å². The standard InChI is InChI=1S/C20H21N3O2/c1-13-5-4-6-16(11-13)19-18(12-21-23-19)20(24)22-14(2)15-7-9-17(25-3)10-8-15/h4-12,14H,1-3H3,(H,21,23)(H,22,24)/t14-/m1/s1. The Balaban J connectivity index is 1.78. The molecule has 128 valence electrons. The van der Waals surface area contributed by atoms with Gasteiger partial charge in [-0.15, -0.1) is 0 Å². The second-order valence-electron chi connectivity index (χ2n) is 6.00. The summed E-state index contributed by atoms with van der Waals surface area (Å²) in [5.41, 5.74) is 4.34. The number of benzene rings is 2. The summed E-state index contributed by atoms with van der Waals surface area (Å²) in [4.78, 5) is 12.7. The van der Waals surface area contributed by atoms with E-state index >= 15 is 0 Å². The molecule has 0 unspecified atom stereocenters. The molecular weight excluding hydrogens is 314 g/mol. The van der Waals surface area contributed by atoms with Crippen molar-refractivity contribution in [3.63, 3.8) is 0 Å². The maximum absolute atomic E-state index is 12.7. The molecule has 0 fully saturated rings. The first-order chi connectivity index (χ1) is 12.1. The average Bonchev–Trinajstić information content (AvgIpc) is 3.11. The van der Waals surface area contributed by atoms with Gasteiger partial charge in [-0.05, 0) is 37.6 Å². The van der Waals surface area contributed by atoms with E-state index in [1.807, 2.05) is 62.4 Å². The third-order valence-electron chi connectivity index (χ3n) is 4.15. The van der Waals surface area contributed by atoms with Gasteiger partial charge in [0.05, 0.1) is 30.6 Å². The second kappa shape index (κ2) is 7.21. The molecule has 0 aliphatic rings. The number of nitrogens with one attached hydrogen (secondary N) is 2. The summed E-state index contributed by atoms with van der Waals surface area (Å²) in [7, 11) is 1.63. The monoisotopic (exact) mass is 335 g/mol. The quantitative estimate of drug-likeness (QED) is 0.743. The molecule has 1 amide bonds. The van der Waals surface area contributed by atoms with Gasteiger partial charge in [0.1, 0.15) is 5.75 Å². The largest absolute Gasteiger partial charge is 0.497 e. The molecule has 25 heavy (non-hydrogen) atoms. The predicted molar refractivity (Wildman–Crippen MR) is 97.6 cm³/mol. The van der Waals surface area contributed by atoms with Gasteiger partial charge in [0.25, 0.3) is 5.91 Å². The van der Waals surface area contributed by atoms with E-state index < -0.39 is 0 Å². The Morgan fingerprint density at radius 2 is 1.96 bits per heavy atom. The molecule has 0 spiro atoms. The van der Waals surface area contributed by atoms with E-state index in [0.717, 1.165) is 28.1 Å². The molecule has 0 aliphatic heterocycles. The van der Waals surface area contributed by atoms with Crippen molar-refractivity contribution in [2.45, 2.75) is 19.9 Å². The number of hydrogen-bond acceptors (Lipinski definition) is 3. The number of amides is 1. The highest BCUT2D eigenvalue weighted by Crippen LogP contribution is 2.23. The van der Waals surface area contributed by atoms with E-state index in [0.29, 0.717) is 5.56 Å². The molecule has 1 heterocycles. The lowest BCUT2D eigenvalue weighted by Crippen LogP contribution is -2.26. The number of H-pyrrole nitrogens is 1. The maximum atomic E-state index is 12.7. The Labute approximate surface area is 147 Å². The van der Waals surface area contributed by atoms with E-state index in [4.69, 9.17) is 4.74 Å². The molecule has 5 heteroatoms. The van der Waals surface area contributed by atoms with Crippen molar-refractivity contribution in [3.8, 4) is 17.0 Å². The lowest BCUT2D eigenvalue weighted by molar-refractivity contribution is 0.0940. The highest BCUT2D eigenvalue weighted by atomic mass is 16.5. The lowest BCUT2D eigenvalue weighted by atomic mass is 10.0. The number of methoxy groups -OCH3 is 1. The number of carbonyl (C=O) groups excluding carboxylic acids is 1. The molecule has 1 atom stereocenters. The molecule has 0 bridgehead atoms. The molecule has 5 nitrogen and oxygen atoms in total. The van der Waals surface area contributed by atoms with E-state index in [-0.39, 0.29) is 11.9 Å². The molecule has 3 rings (SSSR count). The molecule has 1 aromatic heterocycles. The third kappa shape index (κ3) is 3.71. The van der Waals surface area contributed by atoms with Crippen LogP contribution in [0.1, 0.15) is 34.5 Å². The van der Waals surface area contributed by atoms with Gasteiger partial charge in [-0.3, -0.25) is 9.89 Å². The second-order valence-corrected chi connectivity index (χ2v) is 6.00. The Morgan fingerprint density at radius 1 is 1.20 bits per heavy atom. The van der Waals surface area contributed by atoms with Crippen LogP contribution < -0.4 is 10.1 Å². The topological polar surface area (TPSA) is 67.0 Å². The fourth-order valence-electron chi connectivity index (χ4n) is 2.73. The van der Waals surface area contributed by atoms with E-state index in [2.05, 4.69) is 15.5 Å². The van der Waals surface area contributed by atoms with Gasteiger partial charge in [0, 0.05) is 5.56 Å². The van der Waals surface area contributed by atoms with Gasteiger partial charge in [0.2, 0.25) is 0 Å². The van der Waals surface area contributed by atoms with E-state index in [9.17, 15) is 4.79 Å². The van der Waals surface area contributed by atoms with Gasteiger partial charge in [-0.2, -0.15) is 5.10 Å². The minimum absolute atomic E-state index is 0.126. The molecule has 0 saturated carbocycles. The van der Waals surface area contributed by atoms with Crippen LogP contribution in [-0.4, -0.2) is 23.2 Å². The van der Waals surface area contributed by atoms with Gasteiger partial charge in [-0.1, -0.05) is 35.9 Å². The number of ether oxygens (including phenoxy) is 1. The Kier molecular flexibility index (Phi) is 4.84. The zero-order valence-electron chi connectivity index (χ0n) is 14.5. The van der Waals surface area contributed by atoms with Crippen molar-refractivity contribution in [2.24, 2.45) is 0 Å². The maximum Gasteiger partial charge on any atom is 0.255 e. The van der Waals surface area contributed by atoms with Crippen LogP contribution in [0.25, 0.3) is 11.3 Å². The fourth-order valence-corrected chi connectivity index (χ4v) is 2.73. The number of carbonyl (C=O) groups is 1. The average molecular weight is 335 g/mol. The first-order valence-electron chi connectivity index (χ1n) is 8.13. The first-order valence-corrected chi connectivity index (χ1v) is 8.13. The summed E-state index contributed by atoms with van der Waals surface area (Å²) in [5.74, 6) is 0.632. The number of aromatic nitrogens is 2. The lowest BCUT2D eigenvalue weighted by Gasteiger charge is -2.15. The molecule has 0 aliphatic carbocycles. The third-order valence-corrected chi connectivity index (χ3v) is 4.15. The summed E-state index contributed by atoms with van der Waals surface area (Å²) in [6, 6.07) is 15.5. The van der Waals surface area contributed by atoms with Crippen molar-refractivity contribution < 1.29 is 9.53 Å². The molecule has 0 saturated heterocycles. The summed E-state index contributed by atoms with van der Waals surface area (Å²) in [5, 5.41) is 10.0. The number of aryl methyl sites for hydroxylation is 1. The smallest absolute Gasteiger partial charge is 0.255 e. The molecule has 2 aromatic carbocycles. The van der Waals surface area contributed by atoms with Crippen LogP contribution in [0, 0.1) is 6.92 Å². The zero-order chi connectivity index (χ0) is 17.8. The van der Waals surface area contributed by atoms with E-state index in [1.54, 1.807) is 13.3 Å².